The van der Waals surface area contributed by atoms with Gasteiger partial charge in [-0.3, -0.25) is 14.3 Å². The number of rotatable bonds is 1. The van der Waals surface area contributed by atoms with Crippen molar-refractivity contribution in [3.05, 3.63) is 62.2 Å². The summed E-state index contributed by atoms with van der Waals surface area (Å²) in [5.74, 6) is -4.00. The number of aromatic nitrogens is 2. The van der Waals surface area contributed by atoms with Crippen molar-refractivity contribution in [2.24, 2.45) is 0 Å². The topological polar surface area (TPSA) is 78.7 Å². The van der Waals surface area contributed by atoms with Crippen LogP contribution in [0.4, 0.5) is 13.2 Å². The second-order valence-electron chi connectivity index (χ2n) is 3.50. The highest BCUT2D eigenvalue weighted by Gasteiger charge is 2.14. The molecule has 0 saturated heterocycles. The number of H-pyrrole nitrogens is 1. The van der Waals surface area contributed by atoms with Crippen molar-refractivity contribution in [1.29, 1.82) is 5.26 Å². The third-order valence-corrected chi connectivity index (χ3v) is 2.31. The van der Waals surface area contributed by atoms with Gasteiger partial charge in [0.1, 0.15) is 17.4 Å². The zero-order chi connectivity index (χ0) is 14.2. The minimum Gasteiger partial charge on any atom is -0.273 e. The molecule has 0 atom stereocenters. The molecule has 2 aromatic rings. The normalized spacial score (nSPS) is 10.2. The first-order valence-electron chi connectivity index (χ1n) is 4.85. The fourth-order valence-electron chi connectivity index (χ4n) is 1.43. The van der Waals surface area contributed by atoms with Crippen molar-refractivity contribution in [2.45, 2.75) is 0 Å². The standard InChI is InChI=1S/C11H4F3N3O2/c12-6-1-8(14)9(2-7(6)13)17-4-5(3-15)10(18)16-11(17)19/h1-2,4H,(H,16,18,19). The first-order chi connectivity index (χ1) is 8.93. The van der Waals surface area contributed by atoms with Gasteiger partial charge in [0, 0.05) is 18.3 Å². The van der Waals surface area contributed by atoms with Crippen molar-refractivity contribution < 1.29 is 13.2 Å². The van der Waals surface area contributed by atoms with Crippen LogP contribution in [0.15, 0.2) is 27.9 Å². The Morgan fingerprint density at radius 2 is 1.74 bits per heavy atom. The van der Waals surface area contributed by atoms with Gasteiger partial charge >= 0.3 is 5.69 Å². The summed E-state index contributed by atoms with van der Waals surface area (Å²) in [5.41, 5.74) is -3.11. The number of aromatic amines is 1. The average Bonchev–Trinajstić information content (AvgIpc) is 2.35. The Kier molecular flexibility index (Phi) is 2.96. The van der Waals surface area contributed by atoms with Crippen LogP contribution in [0.2, 0.25) is 0 Å². The van der Waals surface area contributed by atoms with Crippen molar-refractivity contribution in [3.63, 3.8) is 0 Å². The number of benzene rings is 1. The van der Waals surface area contributed by atoms with Crippen molar-refractivity contribution in [2.75, 3.05) is 0 Å². The second kappa shape index (κ2) is 4.45. The van der Waals surface area contributed by atoms with E-state index in [1.54, 1.807) is 4.98 Å². The largest absolute Gasteiger partial charge is 0.333 e. The van der Waals surface area contributed by atoms with Crippen LogP contribution in [0, 0.1) is 28.8 Å². The maximum absolute atomic E-state index is 13.5. The lowest BCUT2D eigenvalue weighted by Gasteiger charge is -2.07. The molecule has 1 aromatic carbocycles. The SMILES string of the molecule is N#Cc1cn(-c2cc(F)c(F)cc2F)c(=O)[nH]c1=O. The first kappa shape index (κ1) is 12.6. The maximum Gasteiger partial charge on any atom is 0.333 e. The lowest BCUT2D eigenvalue weighted by atomic mass is 10.2. The fourth-order valence-corrected chi connectivity index (χ4v) is 1.43. The third-order valence-electron chi connectivity index (χ3n) is 2.31. The van der Waals surface area contributed by atoms with Gasteiger partial charge in [0.05, 0.1) is 5.69 Å². The fraction of sp³-hybridized carbons (Fsp3) is 0. The Morgan fingerprint density at radius 1 is 1.11 bits per heavy atom. The molecule has 0 bridgehead atoms. The van der Waals surface area contributed by atoms with Gasteiger partial charge in [-0.25, -0.2) is 18.0 Å². The van der Waals surface area contributed by atoms with E-state index in [0.717, 1.165) is 6.20 Å². The smallest absolute Gasteiger partial charge is 0.273 e. The number of nitrogens with one attached hydrogen (secondary N) is 1. The molecule has 1 heterocycles. The van der Waals surface area contributed by atoms with Crippen LogP contribution in [-0.2, 0) is 0 Å². The summed E-state index contributed by atoms with van der Waals surface area (Å²) in [6, 6.07) is 2.19. The predicted octanol–water partition coefficient (Wildman–Crippen LogP) is 0.815. The van der Waals surface area contributed by atoms with E-state index in [-0.39, 0.29) is 6.07 Å². The third kappa shape index (κ3) is 2.13. The number of halogens is 3. The lowest BCUT2D eigenvalue weighted by Crippen LogP contribution is -2.30. The van der Waals surface area contributed by atoms with Crippen LogP contribution in [0.25, 0.3) is 5.69 Å². The summed E-state index contributed by atoms with van der Waals surface area (Å²) >= 11 is 0. The second-order valence-corrected chi connectivity index (χ2v) is 3.50. The van der Waals surface area contributed by atoms with Gasteiger partial charge < -0.3 is 0 Å². The number of nitriles is 1. The predicted molar refractivity (Wildman–Crippen MR) is 57.2 cm³/mol. The van der Waals surface area contributed by atoms with Gasteiger partial charge in [0.15, 0.2) is 11.6 Å². The first-order valence-corrected chi connectivity index (χ1v) is 4.85. The molecule has 0 amide bonds. The van der Waals surface area contributed by atoms with Crippen LogP contribution in [0.1, 0.15) is 5.56 Å². The summed E-state index contributed by atoms with van der Waals surface area (Å²) in [5, 5.41) is 8.64. The Hall–Kier alpha value is -2.82. The molecule has 0 unspecified atom stereocenters. The van der Waals surface area contributed by atoms with Crippen LogP contribution in [0.3, 0.4) is 0 Å². The molecule has 0 aliphatic carbocycles. The molecule has 0 fully saturated rings. The van der Waals surface area contributed by atoms with Gasteiger partial charge in [-0.15, -0.1) is 0 Å². The van der Waals surface area contributed by atoms with Gasteiger partial charge in [-0.2, -0.15) is 5.26 Å². The molecular formula is C11H4F3N3O2. The van der Waals surface area contributed by atoms with Gasteiger partial charge in [-0.05, 0) is 0 Å². The molecule has 0 aliphatic rings. The number of hydrogen-bond donors (Lipinski definition) is 1. The number of nitrogens with zero attached hydrogens (tertiary/aromatic N) is 2. The molecule has 1 aromatic heterocycles. The minimum atomic E-state index is -1.42. The summed E-state index contributed by atoms with van der Waals surface area (Å²) in [6.07, 6.45) is 0.747. The van der Waals surface area contributed by atoms with E-state index < -0.39 is 40.0 Å². The number of hydrogen-bond acceptors (Lipinski definition) is 3. The van der Waals surface area contributed by atoms with Gasteiger partial charge in [-0.1, -0.05) is 0 Å². The van der Waals surface area contributed by atoms with E-state index in [2.05, 4.69) is 0 Å². The van der Waals surface area contributed by atoms with Crippen molar-refractivity contribution >= 4 is 0 Å². The molecule has 19 heavy (non-hydrogen) atoms. The van der Waals surface area contributed by atoms with E-state index in [4.69, 9.17) is 5.26 Å². The minimum absolute atomic E-state index is 0.258. The van der Waals surface area contributed by atoms with E-state index in [1.165, 1.54) is 6.07 Å². The zero-order valence-corrected chi connectivity index (χ0v) is 9.08. The highest BCUT2D eigenvalue weighted by molar-refractivity contribution is 5.36. The van der Waals surface area contributed by atoms with Crippen molar-refractivity contribution in [3.8, 4) is 11.8 Å². The van der Waals surface area contributed by atoms with Crippen LogP contribution in [0.5, 0.6) is 0 Å². The summed E-state index contributed by atoms with van der Waals surface area (Å²) < 4.78 is 39.8. The molecule has 96 valence electrons. The summed E-state index contributed by atoms with van der Waals surface area (Å²) in [6.45, 7) is 0. The molecule has 0 radical (unpaired) electrons. The molecular weight excluding hydrogens is 263 g/mol. The Labute approximate surface area is 103 Å². The zero-order valence-electron chi connectivity index (χ0n) is 9.08. The maximum atomic E-state index is 13.5. The molecule has 0 saturated carbocycles. The highest BCUT2D eigenvalue weighted by atomic mass is 19.2. The molecule has 0 aliphatic heterocycles. The summed E-state index contributed by atoms with van der Waals surface area (Å²) in [7, 11) is 0. The Bertz CT molecular complexity index is 817. The molecule has 0 spiro atoms. The summed E-state index contributed by atoms with van der Waals surface area (Å²) in [4.78, 5) is 24.4. The lowest BCUT2D eigenvalue weighted by molar-refractivity contribution is 0.492. The molecule has 8 heteroatoms. The van der Waals surface area contributed by atoms with Gasteiger partial charge in [0.25, 0.3) is 5.56 Å². The molecule has 2 rings (SSSR count). The van der Waals surface area contributed by atoms with E-state index in [9.17, 15) is 22.8 Å². The monoisotopic (exact) mass is 267 g/mol. The van der Waals surface area contributed by atoms with Crippen molar-refractivity contribution in [1.82, 2.24) is 9.55 Å². The van der Waals surface area contributed by atoms with E-state index >= 15 is 0 Å². The van der Waals surface area contributed by atoms with E-state index in [1.807, 2.05) is 0 Å². The molecule has 5 nitrogen and oxygen atoms in total. The van der Waals surface area contributed by atoms with Crippen LogP contribution >= 0.6 is 0 Å². The average molecular weight is 267 g/mol. The Balaban J connectivity index is 2.80. The van der Waals surface area contributed by atoms with E-state index in [0.29, 0.717) is 10.6 Å². The van der Waals surface area contributed by atoms with Crippen LogP contribution < -0.4 is 11.2 Å². The quantitative estimate of drug-likeness (QED) is 0.777. The molecule has 1 N–H and O–H groups in total. The van der Waals surface area contributed by atoms with Gasteiger partial charge in [0.2, 0.25) is 0 Å². The Morgan fingerprint density at radius 3 is 2.37 bits per heavy atom. The highest BCUT2D eigenvalue weighted by Crippen LogP contribution is 2.16. The van der Waals surface area contributed by atoms with Crippen LogP contribution in [-0.4, -0.2) is 9.55 Å².